The first kappa shape index (κ1) is 22.3. The van der Waals surface area contributed by atoms with Gasteiger partial charge in [-0.1, -0.05) is 30.3 Å². The molecule has 34 heavy (non-hydrogen) atoms. The third-order valence-corrected chi connectivity index (χ3v) is 6.97. The van der Waals surface area contributed by atoms with Gasteiger partial charge >= 0.3 is 5.69 Å². The Morgan fingerprint density at radius 2 is 1.65 bits per heavy atom. The number of imidazole rings is 2. The van der Waals surface area contributed by atoms with Crippen LogP contribution in [0, 0.1) is 13.8 Å². The second kappa shape index (κ2) is 8.69. The van der Waals surface area contributed by atoms with Crippen LogP contribution in [0.2, 0.25) is 0 Å². The molecule has 1 aliphatic heterocycles. The van der Waals surface area contributed by atoms with E-state index in [-0.39, 0.29) is 5.78 Å². The lowest BCUT2D eigenvalue weighted by Gasteiger charge is -2.34. The molecule has 0 bridgehead atoms. The number of H-pyrrole nitrogens is 1. The largest absolute Gasteiger partial charge is 0.329 e. The van der Waals surface area contributed by atoms with E-state index in [1.165, 1.54) is 4.57 Å². The normalized spacial score (nSPS) is 15.5. The Hall–Kier alpha value is -3.50. The van der Waals surface area contributed by atoms with E-state index in [9.17, 15) is 14.4 Å². The molecule has 10 heteroatoms. The number of piperazine rings is 1. The van der Waals surface area contributed by atoms with E-state index in [0.29, 0.717) is 23.5 Å². The van der Waals surface area contributed by atoms with Crippen LogP contribution in [0.3, 0.4) is 0 Å². The van der Waals surface area contributed by atoms with Crippen molar-refractivity contribution < 1.29 is 4.79 Å². The van der Waals surface area contributed by atoms with Gasteiger partial charge in [-0.15, -0.1) is 0 Å². The summed E-state index contributed by atoms with van der Waals surface area (Å²) in [5, 5.41) is 0. The van der Waals surface area contributed by atoms with E-state index in [2.05, 4.69) is 24.3 Å². The number of benzene rings is 1. The van der Waals surface area contributed by atoms with Gasteiger partial charge in [0.15, 0.2) is 16.9 Å². The molecule has 0 atom stereocenters. The van der Waals surface area contributed by atoms with Gasteiger partial charge in [0, 0.05) is 63.3 Å². The van der Waals surface area contributed by atoms with Crippen LogP contribution >= 0.6 is 0 Å². The fourth-order valence-corrected chi connectivity index (χ4v) is 4.78. The zero-order valence-electron chi connectivity index (χ0n) is 19.7. The van der Waals surface area contributed by atoms with E-state index in [1.54, 1.807) is 7.05 Å². The molecule has 0 spiro atoms. The maximum absolute atomic E-state index is 12.5. The molecular weight excluding hydrogens is 434 g/mol. The van der Waals surface area contributed by atoms with E-state index >= 15 is 0 Å². The maximum atomic E-state index is 12.5. The molecule has 0 amide bonds. The van der Waals surface area contributed by atoms with E-state index in [4.69, 9.17) is 0 Å². The molecule has 10 nitrogen and oxygen atoms in total. The highest BCUT2D eigenvalue weighted by Crippen LogP contribution is 2.20. The van der Waals surface area contributed by atoms with E-state index in [1.807, 2.05) is 48.6 Å². The average molecular weight is 464 g/mol. The first-order valence-corrected chi connectivity index (χ1v) is 11.5. The highest BCUT2D eigenvalue weighted by atomic mass is 16.2. The summed E-state index contributed by atoms with van der Waals surface area (Å²) in [6.45, 7) is 9.48. The summed E-state index contributed by atoms with van der Waals surface area (Å²) in [6, 6.07) is 9.44. The van der Waals surface area contributed by atoms with Crippen molar-refractivity contribution in [2.75, 3.05) is 39.3 Å². The fourth-order valence-electron chi connectivity index (χ4n) is 4.78. The van der Waals surface area contributed by atoms with E-state index < -0.39 is 11.2 Å². The molecule has 0 aliphatic carbocycles. The van der Waals surface area contributed by atoms with Crippen LogP contribution in [-0.4, -0.2) is 78.4 Å². The summed E-state index contributed by atoms with van der Waals surface area (Å²) < 4.78 is 5.33. The lowest BCUT2D eigenvalue weighted by atomic mass is 10.1. The highest BCUT2D eigenvalue weighted by Gasteiger charge is 2.22. The highest BCUT2D eigenvalue weighted by molar-refractivity contribution is 5.97. The van der Waals surface area contributed by atoms with Gasteiger partial charge in [-0.3, -0.25) is 33.3 Å². The van der Waals surface area contributed by atoms with Gasteiger partial charge in [-0.05, 0) is 13.8 Å². The van der Waals surface area contributed by atoms with Crippen LogP contribution in [0.5, 0.6) is 0 Å². The number of carbonyl (C=O) groups is 1. The first-order valence-electron chi connectivity index (χ1n) is 11.5. The molecule has 0 unspecified atom stereocenters. The van der Waals surface area contributed by atoms with Gasteiger partial charge in [-0.25, -0.2) is 4.79 Å². The number of rotatable bonds is 6. The average Bonchev–Trinajstić information content (AvgIpc) is 3.34. The molecule has 5 rings (SSSR count). The van der Waals surface area contributed by atoms with Gasteiger partial charge in [0.25, 0.3) is 5.56 Å². The van der Waals surface area contributed by atoms with Crippen LogP contribution in [0.25, 0.3) is 16.9 Å². The zero-order chi connectivity index (χ0) is 24.0. The number of Topliss-reactive ketones (excluding diaryl/α,β-unsaturated/α-hetero) is 1. The minimum absolute atomic E-state index is 0.158. The van der Waals surface area contributed by atoms with Gasteiger partial charge in [0.05, 0.1) is 6.54 Å². The Morgan fingerprint density at radius 3 is 2.35 bits per heavy atom. The third kappa shape index (κ3) is 3.78. The predicted molar refractivity (Wildman–Crippen MR) is 130 cm³/mol. The monoisotopic (exact) mass is 463 g/mol. The molecule has 1 N–H and O–H groups in total. The number of ketones is 1. The number of carbonyl (C=O) groups excluding carboxylic acids is 1. The molecule has 1 aliphatic rings. The second-order valence-electron chi connectivity index (χ2n) is 8.97. The molecule has 3 aromatic heterocycles. The number of aromatic amines is 1. The second-order valence-corrected chi connectivity index (χ2v) is 8.97. The number of nitrogens with zero attached hydrogens (tertiary/aromatic N) is 6. The van der Waals surface area contributed by atoms with Crippen molar-refractivity contribution in [2.45, 2.75) is 20.4 Å². The fraction of sp³-hybridized carbons (Fsp3) is 0.417. The number of nitrogens with one attached hydrogen (secondary N) is 1. The third-order valence-electron chi connectivity index (χ3n) is 6.97. The smallest absolute Gasteiger partial charge is 0.313 e. The van der Waals surface area contributed by atoms with Crippen molar-refractivity contribution in [3.8, 4) is 0 Å². The number of fused-ring (bicyclic) bond motifs is 3. The Kier molecular flexibility index (Phi) is 5.70. The van der Waals surface area contributed by atoms with Gasteiger partial charge in [-0.2, -0.15) is 4.98 Å². The van der Waals surface area contributed by atoms with Crippen LogP contribution in [0.4, 0.5) is 0 Å². The molecule has 1 fully saturated rings. The van der Waals surface area contributed by atoms with Crippen molar-refractivity contribution in [2.24, 2.45) is 7.05 Å². The van der Waals surface area contributed by atoms with Crippen molar-refractivity contribution in [1.82, 2.24) is 33.3 Å². The quantitative estimate of drug-likeness (QED) is 0.425. The number of aryl methyl sites for hydroxylation is 2. The number of hydrogen-bond acceptors (Lipinski definition) is 6. The summed E-state index contributed by atoms with van der Waals surface area (Å²) in [5.41, 5.74) is 2.63. The molecule has 0 radical (unpaired) electrons. The van der Waals surface area contributed by atoms with Crippen molar-refractivity contribution >= 4 is 22.7 Å². The minimum Gasteiger partial charge on any atom is -0.313 e. The molecule has 178 valence electrons. The molecule has 4 heterocycles. The Balaban J connectivity index is 1.28. The molecular formula is C24H29N7O3. The summed E-state index contributed by atoms with van der Waals surface area (Å²) in [6.07, 6.45) is 0. The van der Waals surface area contributed by atoms with Crippen LogP contribution in [0.1, 0.15) is 21.7 Å². The lowest BCUT2D eigenvalue weighted by molar-refractivity contribution is 0.0848. The summed E-state index contributed by atoms with van der Waals surface area (Å²) in [5.74, 6) is 0.828. The van der Waals surface area contributed by atoms with E-state index in [0.717, 1.165) is 56.2 Å². The summed E-state index contributed by atoms with van der Waals surface area (Å²) in [7, 11) is 1.61. The Morgan fingerprint density at radius 1 is 0.971 bits per heavy atom. The molecule has 1 aromatic carbocycles. The van der Waals surface area contributed by atoms with Gasteiger partial charge < -0.3 is 4.57 Å². The predicted octanol–water partition coefficient (Wildman–Crippen LogP) is 0.793. The Labute approximate surface area is 196 Å². The topological polar surface area (TPSA) is 101 Å². The first-order chi connectivity index (χ1) is 16.3. The molecule has 0 saturated carbocycles. The maximum Gasteiger partial charge on any atom is 0.329 e. The summed E-state index contributed by atoms with van der Waals surface area (Å²) >= 11 is 0. The van der Waals surface area contributed by atoms with Crippen molar-refractivity contribution in [3.05, 3.63) is 68.1 Å². The van der Waals surface area contributed by atoms with Crippen LogP contribution in [-0.2, 0) is 13.6 Å². The Bertz CT molecular complexity index is 1480. The number of hydrogen-bond donors (Lipinski definition) is 1. The standard InChI is InChI=1S/C24H29N7O3/c1-16-17(2)31-20-21(27(3)24(34)26-22(20)33)25-23(31)30(16)14-13-28-9-11-29(12-10-28)15-19(32)18-7-5-4-6-8-18/h4-8H,9-15H2,1-3H3,(H,26,33,34). The van der Waals surface area contributed by atoms with Crippen molar-refractivity contribution in [1.29, 1.82) is 0 Å². The van der Waals surface area contributed by atoms with Crippen LogP contribution in [0.15, 0.2) is 39.9 Å². The molecule has 4 aromatic rings. The molecule has 1 saturated heterocycles. The van der Waals surface area contributed by atoms with Crippen LogP contribution < -0.4 is 11.2 Å². The zero-order valence-corrected chi connectivity index (χ0v) is 19.7. The number of aromatic nitrogens is 5. The van der Waals surface area contributed by atoms with Gasteiger partial charge in [0.2, 0.25) is 5.78 Å². The van der Waals surface area contributed by atoms with Crippen molar-refractivity contribution in [3.63, 3.8) is 0 Å². The SMILES string of the molecule is Cc1c(C)n2c3c(=O)[nH]c(=O)n(C)c3nc2n1CCN1CCN(CC(=O)c2ccccc2)CC1. The lowest BCUT2D eigenvalue weighted by Crippen LogP contribution is -2.48. The minimum atomic E-state index is -0.470. The van der Waals surface area contributed by atoms with Gasteiger partial charge in [0.1, 0.15) is 0 Å². The summed E-state index contributed by atoms with van der Waals surface area (Å²) in [4.78, 5) is 48.7.